The summed E-state index contributed by atoms with van der Waals surface area (Å²) in [6.45, 7) is 6.97. The number of aromatic nitrogens is 3. The highest BCUT2D eigenvalue weighted by atomic mass is 16.5. The monoisotopic (exact) mass is 452 g/mol. The minimum atomic E-state index is -0.216. The third kappa shape index (κ3) is 4.90. The molecule has 1 saturated carbocycles. The van der Waals surface area contributed by atoms with Crippen LogP contribution in [-0.2, 0) is 20.7 Å². The molecule has 176 valence electrons. The molecule has 3 heterocycles. The van der Waals surface area contributed by atoms with Crippen molar-refractivity contribution in [2.45, 2.75) is 58.4 Å². The van der Waals surface area contributed by atoms with Crippen molar-refractivity contribution in [2.75, 3.05) is 20.8 Å². The number of nitrogens with one attached hydrogen (secondary N) is 2. The van der Waals surface area contributed by atoms with E-state index in [1.165, 1.54) is 11.1 Å². The third-order valence-electron chi connectivity index (χ3n) is 6.53. The van der Waals surface area contributed by atoms with E-state index in [4.69, 9.17) is 9.47 Å². The summed E-state index contributed by atoms with van der Waals surface area (Å²) in [6.07, 6.45) is 8.21. The number of carbonyl (C=O) groups excluding carboxylic acids is 1. The summed E-state index contributed by atoms with van der Waals surface area (Å²) in [5.41, 5.74) is 9.18. The van der Waals surface area contributed by atoms with E-state index in [-0.39, 0.29) is 18.4 Å². The first-order valence-corrected chi connectivity index (χ1v) is 11.3. The minimum absolute atomic E-state index is 0.0555. The third-order valence-corrected chi connectivity index (χ3v) is 6.53. The molecule has 2 unspecified atom stereocenters. The van der Waals surface area contributed by atoms with E-state index in [0.717, 1.165) is 42.8 Å². The number of H-pyrrole nitrogens is 1. The minimum Gasteiger partial charge on any atom is -0.367 e. The van der Waals surface area contributed by atoms with E-state index in [2.05, 4.69) is 37.5 Å². The van der Waals surface area contributed by atoms with Gasteiger partial charge in [0.05, 0.1) is 18.0 Å². The van der Waals surface area contributed by atoms with Gasteiger partial charge in [-0.15, -0.1) is 0 Å². The van der Waals surface area contributed by atoms with Gasteiger partial charge in [-0.25, -0.2) is 5.43 Å². The van der Waals surface area contributed by atoms with E-state index >= 15 is 0 Å². The molecular formula is C24H32N6O3. The maximum absolute atomic E-state index is 12.6. The second kappa shape index (κ2) is 9.94. The van der Waals surface area contributed by atoms with Gasteiger partial charge in [-0.1, -0.05) is 0 Å². The zero-order valence-corrected chi connectivity index (χ0v) is 19.9. The highest BCUT2D eigenvalue weighted by Crippen LogP contribution is 2.45. The first-order chi connectivity index (χ1) is 15.9. The van der Waals surface area contributed by atoms with Crippen LogP contribution in [-0.4, -0.2) is 64.9 Å². The van der Waals surface area contributed by atoms with Gasteiger partial charge in [-0.2, -0.15) is 15.3 Å². The second-order valence-corrected chi connectivity index (χ2v) is 8.58. The van der Waals surface area contributed by atoms with Crippen LogP contribution in [0.25, 0.3) is 6.08 Å². The van der Waals surface area contributed by atoms with Gasteiger partial charge in [0.2, 0.25) is 0 Å². The van der Waals surface area contributed by atoms with Gasteiger partial charge in [-0.05, 0) is 69.2 Å². The van der Waals surface area contributed by atoms with Crippen molar-refractivity contribution in [1.29, 1.82) is 0 Å². The molecule has 9 nitrogen and oxygen atoms in total. The predicted molar refractivity (Wildman–Crippen MR) is 126 cm³/mol. The Morgan fingerprint density at radius 3 is 2.55 bits per heavy atom. The largest absolute Gasteiger partial charge is 0.367 e. The van der Waals surface area contributed by atoms with E-state index < -0.39 is 0 Å². The number of aromatic amines is 1. The molecule has 1 aliphatic carbocycles. The number of aryl methyl sites for hydroxylation is 1. The number of amides is 1. The zero-order valence-electron chi connectivity index (χ0n) is 19.9. The summed E-state index contributed by atoms with van der Waals surface area (Å²) in [4.78, 5) is 18.3. The van der Waals surface area contributed by atoms with Crippen molar-refractivity contribution in [3.63, 3.8) is 0 Å². The van der Waals surface area contributed by atoms with Gasteiger partial charge in [-0.3, -0.25) is 9.69 Å². The van der Waals surface area contributed by atoms with Crippen molar-refractivity contribution in [3.8, 4) is 0 Å². The van der Waals surface area contributed by atoms with E-state index in [0.29, 0.717) is 17.2 Å². The van der Waals surface area contributed by atoms with Crippen LogP contribution in [0.4, 0.5) is 0 Å². The topological polar surface area (TPSA) is 105 Å². The molecule has 0 bridgehead atoms. The van der Waals surface area contributed by atoms with Gasteiger partial charge in [0.15, 0.2) is 0 Å². The molecule has 4 rings (SSSR count). The van der Waals surface area contributed by atoms with Crippen LogP contribution >= 0.6 is 0 Å². The lowest BCUT2D eigenvalue weighted by atomic mass is 9.98. The van der Waals surface area contributed by atoms with Crippen LogP contribution < -0.4 is 5.43 Å². The zero-order chi connectivity index (χ0) is 23.5. The summed E-state index contributed by atoms with van der Waals surface area (Å²) in [5.74, 6) is 0.295. The Bertz CT molecular complexity index is 1050. The molecule has 1 fully saturated rings. The Labute approximate surface area is 194 Å². The molecule has 9 heteroatoms. The first kappa shape index (κ1) is 23.3. The Morgan fingerprint density at radius 2 is 1.94 bits per heavy atom. The van der Waals surface area contributed by atoms with Crippen LogP contribution in [0, 0.1) is 6.92 Å². The van der Waals surface area contributed by atoms with Gasteiger partial charge < -0.3 is 14.5 Å². The van der Waals surface area contributed by atoms with Crippen LogP contribution in [0.15, 0.2) is 29.1 Å². The fourth-order valence-electron chi connectivity index (χ4n) is 4.42. The van der Waals surface area contributed by atoms with E-state index in [1.807, 2.05) is 19.9 Å². The highest BCUT2D eigenvalue weighted by molar-refractivity contribution is 6.33. The number of carbonyl (C=O) groups is 1. The molecule has 2 atom stereocenters. The van der Waals surface area contributed by atoms with E-state index in [1.54, 1.807) is 32.7 Å². The van der Waals surface area contributed by atoms with Crippen molar-refractivity contribution in [2.24, 2.45) is 5.10 Å². The molecule has 2 aromatic heterocycles. The maximum Gasteiger partial charge on any atom is 0.273 e. The molecule has 2 aliphatic rings. The number of hydrogen-bond acceptors (Lipinski definition) is 7. The number of rotatable bonds is 10. The number of methoxy groups -OCH3 is 2. The molecule has 1 amide bonds. The van der Waals surface area contributed by atoms with Crippen molar-refractivity contribution >= 4 is 17.7 Å². The molecule has 1 aliphatic heterocycles. The molecule has 0 spiro atoms. The summed E-state index contributed by atoms with van der Waals surface area (Å²) in [7, 11) is 3.43. The van der Waals surface area contributed by atoms with Crippen molar-refractivity contribution in [1.82, 2.24) is 25.5 Å². The Kier molecular flexibility index (Phi) is 7.02. The Hall–Kier alpha value is -2.88. The average Bonchev–Trinajstić information content (AvgIpc) is 3.54. The number of hydrazone groups is 1. The van der Waals surface area contributed by atoms with Crippen molar-refractivity contribution in [3.05, 3.63) is 52.1 Å². The van der Waals surface area contributed by atoms with E-state index in [9.17, 15) is 4.79 Å². The quantitative estimate of drug-likeness (QED) is 0.424. The normalized spacial score (nSPS) is 19.2. The first-order valence-electron chi connectivity index (χ1n) is 11.3. The molecule has 33 heavy (non-hydrogen) atoms. The number of hydrogen-bond donors (Lipinski definition) is 2. The summed E-state index contributed by atoms with van der Waals surface area (Å²) in [5, 5.41) is 12.0. The second-order valence-electron chi connectivity index (χ2n) is 8.58. The summed E-state index contributed by atoms with van der Waals surface area (Å²) < 4.78 is 11.1. The molecule has 2 N–H and O–H groups in total. The molecule has 2 aromatic rings. The summed E-state index contributed by atoms with van der Waals surface area (Å²) >= 11 is 0. The molecular weight excluding hydrogens is 420 g/mol. The predicted octanol–water partition coefficient (Wildman–Crippen LogP) is 2.74. The van der Waals surface area contributed by atoms with Crippen molar-refractivity contribution < 1.29 is 14.3 Å². The lowest BCUT2D eigenvalue weighted by Crippen LogP contribution is -2.43. The molecule has 0 aromatic carbocycles. The van der Waals surface area contributed by atoms with Gasteiger partial charge >= 0.3 is 0 Å². The maximum atomic E-state index is 12.6. The molecule has 0 saturated heterocycles. The number of ether oxygens (including phenoxy) is 2. The Morgan fingerprint density at radius 1 is 1.21 bits per heavy atom. The van der Waals surface area contributed by atoms with Gasteiger partial charge in [0, 0.05) is 37.7 Å². The highest BCUT2D eigenvalue weighted by Gasteiger charge is 2.32. The van der Waals surface area contributed by atoms with Gasteiger partial charge in [0.25, 0.3) is 5.91 Å². The van der Waals surface area contributed by atoms with Gasteiger partial charge in [0.1, 0.15) is 18.2 Å². The Balaban J connectivity index is 1.65. The lowest BCUT2D eigenvalue weighted by molar-refractivity contribution is -0.116. The summed E-state index contributed by atoms with van der Waals surface area (Å²) in [6, 6.07) is 1.80. The average molecular weight is 453 g/mol. The molecule has 0 radical (unpaired) electrons. The van der Waals surface area contributed by atoms with Crippen LogP contribution in [0.5, 0.6) is 0 Å². The number of nitrogens with zero attached hydrogens (tertiary/aromatic N) is 4. The smallest absolute Gasteiger partial charge is 0.273 e. The lowest BCUT2D eigenvalue weighted by Gasteiger charge is -2.32. The SMILES string of the molecule is COC(C)N(CCc1c(C)[nH]c(C=C2C(=O)NN=C2c2ccnnc2)c1C1CC1)C(C)OC. The van der Waals surface area contributed by atoms with Crippen LogP contribution in [0.3, 0.4) is 0 Å². The fourth-order valence-corrected chi connectivity index (χ4v) is 4.42. The van der Waals surface area contributed by atoms with Crippen LogP contribution in [0.1, 0.15) is 60.7 Å². The standard InChI is InChI=1S/C24H32N6O3/c1-14-19(9-11-30(15(2)32-4)16(3)33-5)22(17-6-7-17)21(27-14)12-20-23(28-29-24(20)31)18-8-10-25-26-13-18/h8,10,12-13,15-17,27H,6-7,9,11H2,1-5H3,(H,29,31). The fraction of sp³-hybridized carbons (Fsp3) is 0.500. The van der Waals surface area contributed by atoms with Crippen LogP contribution in [0.2, 0.25) is 0 Å².